The zero-order chi connectivity index (χ0) is 46.6. The Labute approximate surface area is 416 Å². The second kappa shape index (κ2) is 14.2. The van der Waals surface area contributed by atoms with E-state index in [0.29, 0.717) is 22.2 Å². The minimum Gasteiger partial charge on any atom is -0.506 e. The molecule has 4 atom stereocenters. The maximum Gasteiger partial charge on any atom is 0.142 e. The lowest BCUT2D eigenvalue weighted by Crippen LogP contribution is -2.66. The van der Waals surface area contributed by atoms with Crippen molar-refractivity contribution in [3.05, 3.63) is 95.1 Å². The molecule has 4 aromatic rings. The normalized spacial score (nSPS) is 44.9. The number of nitrogen functional groups attached to an aromatic ring is 2. The van der Waals surface area contributed by atoms with Crippen LogP contribution in [0.15, 0.2) is 72.8 Å². The van der Waals surface area contributed by atoms with Crippen molar-refractivity contribution in [1.82, 2.24) is 0 Å². The molecule has 0 saturated heterocycles. The summed E-state index contributed by atoms with van der Waals surface area (Å²) < 4.78 is 13.8. The van der Waals surface area contributed by atoms with Gasteiger partial charge >= 0.3 is 0 Å². The number of benzene rings is 4. The molecule has 20 rings (SSSR count). The maximum absolute atomic E-state index is 10.9. The predicted octanol–water partition coefficient (Wildman–Crippen LogP) is 15.2. The van der Waals surface area contributed by atoms with Gasteiger partial charge in [0.05, 0.1) is 11.4 Å². The fourth-order valence-electron chi connectivity index (χ4n) is 23.5. The Morgan fingerprint density at radius 1 is 0.357 bits per heavy atom. The Morgan fingerprint density at radius 3 is 0.957 bits per heavy atom. The van der Waals surface area contributed by atoms with E-state index in [9.17, 15) is 10.2 Å². The number of phenolic OH excluding ortho intramolecular Hbond substituents is 2. The van der Waals surface area contributed by atoms with Gasteiger partial charge in [-0.3, -0.25) is 0 Å². The molecule has 16 saturated carbocycles. The topological polar surface area (TPSA) is 111 Å². The van der Waals surface area contributed by atoms with Crippen molar-refractivity contribution in [3.8, 4) is 34.5 Å². The Bertz CT molecular complexity index is 2520. The van der Waals surface area contributed by atoms with Crippen LogP contribution in [0.3, 0.4) is 0 Å². The van der Waals surface area contributed by atoms with Crippen LogP contribution in [-0.4, -0.2) is 10.2 Å². The first-order valence-electron chi connectivity index (χ1n) is 28.7. The molecule has 0 spiro atoms. The van der Waals surface area contributed by atoms with E-state index in [0.717, 1.165) is 82.2 Å². The third-order valence-corrected chi connectivity index (χ3v) is 24.1. The average Bonchev–Trinajstić information content (AvgIpc) is 3.30. The highest BCUT2D eigenvalue weighted by Crippen LogP contribution is 2.79. The number of aromatic hydroxyl groups is 2. The minimum absolute atomic E-state index is 0.120. The molecule has 366 valence electrons. The van der Waals surface area contributed by atoms with Gasteiger partial charge in [-0.2, -0.15) is 0 Å². The summed E-state index contributed by atoms with van der Waals surface area (Å²) in [6.07, 6.45) is 32.5. The fraction of sp³-hybridized carbons (Fsp3) is 0.625. The lowest BCUT2D eigenvalue weighted by atomic mass is 9.30. The first-order valence-corrected chi connectivity index (χ1v) is 28.7. The second-order valence-electron chi connectivity index (χ2n) is 28.5. The maximum atomic E-state index is 10.9. The molecule has 16 aliphatic rings. The molecule has 16 bridgehead atoms. The van der Waals surface area contributed by atoms with Crippen molar-refractivity contribution in [2.75, 3.05) is 11.5 Å². The number of rotatable bonds is 9. The summed E-state index contributed by atoms with van der Waals surface area (Å²) in [7, 11) is 0. The summed E-state index contributed by atoms with van der Waals surface area (Å²) in [5.41, 5.74) is 21.0. The summed E-state index contributed by atoms with van der Waals surface area (Å²) in [6.45, 7) is 0. The smallest absolute Gasteiger partial charge is 0.142 e. The molecular formula is C64H76N2O4. The summed E-state index contributed by atoms with van der Waals surface area (Å²) >= 11 is 0. The molecular weight excluding hydrogens is 861 g/mol. The molecule has 4 aromatic carbocycles. The molecule has 6 N–H and O–H groups in total. The molecule has 6 heteroatoms. The van der Waals surface area contributed by atoms with Gasteiger partial charge in [-0.15, -0.1) is 0 Å². The zero-order valence-corrected chi connectivity index (χ0v) is 41.5. The molecule has 0 radical (unpaired) electrons. The van der Waals surface area contributed by atoms with Crippen molar-refractivity contribution in [2.45, 2.75) is 176 Å². The number of phenols is 2. The van der Waals surface area contributed by atoms with E-state index in [1.807, 2.05) is 12.1 Å². The minimum atomic E-state index is 0.120. The summed E-state index contributed by atoms with van der Waals surface area (Å²) in [5, 5.41) is 21.9. The number of anilines is 2. The van der Waals surface area contributed by atoms with Crippen LogP contribution in [0.2, 0.25) is 0 Å². The van der Waals surface area contributed by atoms with Crippen LogP contribution in [-0.2, 0) is 21.7 Å². The zero-order valence-electron chi connectivity index (χ0n) is 41.5. The van der Waals surface area contributed by atoms with Gasteiger partial charge in [-0.25, -0.2) is 0 Å². The van der Waals surface area contributed by atoms with Crippen LogP contribution < -0.4 is 20.9 Å². The Morgan fingerprint density at radius 2 is 0.643 bits per heavy atom. The number of hydrogen-bond donors (Lipinski definition) is 4. The highest BCUT2D eigenvalue weighted by molar-refractivity contribution is 5.63. The summed E-state index contributed by atoms with van der Waals surface area (Å²) in [5.74, 6) is 11.9. The molecule has 6 nitrogen and oxygen atoms in total. The molecule has 70 heavy (non-hydrogen) atoms. The second-order valence-corrected chi connectivity index (χ2v) is 28.5. The quantitative estimate of drug-likeness (QED) is 0.0983. The van der Waals surface area contributed by atoms with E-state index < -0.39 is 0 Å². The van der Waals surface area contributed by atoms with E-state index in [-0.39, 0.29) is 33.2 Å². The van der Waals surface area contributed by atoms with Crippen LogP contribution in [0, 0.1) is 70.0 Å². The Hall–Kier alpha value is -4.32. The number of nitrogens with two attached hydrogens (primary N) is 2. The number of ether oxygens (including phenoxy) is 2. The van der Waals surface area contributed by atoms with Gasteiger partial charge in [0.25, 0.3) is 0 Å². The molecule has 0 aromatic heterocycles. The Kier molecular flexibility index (Phi) is 8.59. The van der Waals surface area contributed by atoms with Gasteiger partial charge in [-0.05, 0) is 293 Å². The van der Waals surface area contributed by atoms with Gasteiger partial charge in [0.15, 0.2) is 0 Å². The Balaban J connectivity index is 0.678. The molecule has 16 fully saturated rings. The van der Waals surface area contributed by atoms with Crippen molar-refractivity contribution in [1.29, 1.82) is 0 Å². The number of hydrogen-bond acceptors (Lipinski definition) is 6. The largest absolute Gasteiger partial charge is 0.506 e. The first kappa shape index (κ1) is 42.2. The highest BCUT2D eigenvalue weighted by Gasteiger charge is 2.70. The summed E-state index contributed by atoms with van der Waals surface area (Å²) in [6, 6.07) is 26.7. The van der Waals surface area contributed by atoms with Gasteiger partial charge in [0.2, 0.25) is 0 Å². The third-order valence-electron chi connectivity index (χ3n) is 24.1. The first-order chi connectivity index (χ1) is 33.8. The van der Waals surface area contributed by atoms with Crippen molar-refractivity contribution >= 4 is 11.4 Å². The molecule has 0 aliphatic heterocycles. The average molecular weight is 937 g/mol. The molecule has 0 heterocycles. The fourth-order valence-corrected chi connectivity index (χ4v) is 23.5. The van der Waals surface area contributed by atoms with Gasteiger partial charge in [-0.1, -0.05) is 24.3 Å². The van der Waals surface area contributed by atoms with Crippen molar-refractivity contribution in [3.63, 3.8) is 0 Å². The van der Waals surface area contributed by atoms with E-state index >= 15 is 0 Å². The van der Waals surface area contributed by atoms with E-state index in [2.05, 4.69) is 60.7 Å². The van der Waals surface area contributed by atoms with Crippen LogP contribution in [0.5, 0.6) is 34.5 Å². The molecule has 4 unspecified atom stereocenters. The van der Waals surface area contributed by atoms with Gasteiger partial charge < -0.3 is 31.2 Å². The monoisotopic (exact) mass is 937 g/mol. The van der Waals surface area contributed by atoms with E-state index in [1.165, 1.54) is 165 Å². The van der Waals surface area contributed by atoms with Crippen LogP contribution >= 0.6 is 0 Å². The lowest BCUT2D eigenvalue weighted by Gasteiger charge is -2.74. The predicted molar refractivity (Wildman–Crippen MR) is 275 cm³/mol. The van der Waals surface area contributed by atoms with E-state index in [1.54, 1.807) is 11.1 Å². The molecule has 0 amide bonds. The van der Waals surface area contributed by atoms with Crippen molar-refractivity contribution < 1.29 is 19.7 Å². The molecule has 16 aliphatic carbocycles. The van der Waals surface area contributed by atoms with Crippen LogP contribution in [0.4, 0.5) is 11.4 Å². The lowest BCUT2D eigenvalue weighted by molar-refractivity contribution is -0.212. The van der Waals surface area contributed by atoms with E-state index in [4.69, 9.17) is 20.9 Å². The van der Waals surface area contributed by atoms with Gasteiger partial charge in [0, 0.05) is 23.3 Å². The van der Waals surface area contributed by atoms with Crippen molar-refractivity contribution in [2.24, 2.45) is 70.0 Å². The highest BCUT2D eigenvalue weighted by atomic mass is 16.5. The standard InChI is InChI=1S/C64H76N2O4/c65-53-17-51(59-21-37-9-38(22-59)11-39(10-37)23-59)57(19-55(53)67)69-49-5-1-47(2-6-49)61-27-43-15-44(28-61)32-63(31-43,35-61)64-33-45-16-46(34-64)30-62(29-45,36-64)48-3-7-50(8-4-48)70-58-20-56(68)54(66)18-52(58)60-24-40-12-41(25-60)14-42(13-40)26-60/h1-8,17-20,37-46,67-68H,9-16,21-36,65-66H2. The van der Waals surface area contributed by atoms with Crippen LogP contribution in [0.1, 0.15) is 176 Å². The summed E-state index contributed by atoms with van der Waals surface area (Å²) in [4.78, 5) is 0. The third kappa shape index (κ3) is 6.09. The SMILES string of the molecule is Nc1cc(C23CC4CC(CC(C4)C2)C3)c(Oc2ccc(C34CC5CC(C3)CC(C36CC7CC(CC(c8ccc(Oc9cc(O)c(N)cc9C9%10CC%11CC(CC(C%11)C9)C%10)cc8)(C7)C3)C6)(C5)C4)cc2)cc1O. The van der Waals surface area contributed by atoms with Gasteiger partial charge in [0.1, 0.15) is 34.5 Å². The van der Waals surface area contributed by atoms with Crippen LogP contribution in [0.25, 0.3) is 0 Å².